The van der Waals surface area contributed by atoms with Crippen LogP contribution in [0.15, 0.2) is 44.8 Å². The first-order valence-electron chi connectivity index (χ1n) is 10.8. The summed E-state index contributed by atoms with van der Waals surface area (Å²) in [7, 11) is -5.99. The van der Waals surface area contributed by atoms with Gasteiger partial charge in [-0.1, -0.05) is 6.07 Å². The number of methoxy groups -OCH3 is 1. The fraction of sp³-hybridized carbons (Fsp3) is 0.476. The Balaban J connectivity index is 1.52. The molecule has 186 valence electrons. The highest BCUT2D eigenvalue weighted by atomic mass is 32.2. The summed E-state index contributed by atoms with van der Waals surface area (Å²) >= 11 is 1.14. The lowest BCUT2D eigenvalue weighted by Crippen LogP contribution is -2.43. The smallest absolute Gasteiger partial charge is 0.252 e. The second-order valence-corrected chi connectivity index (χ2v) is 13.1. The van der Waals surface area contributed by atoms with Gasteiger partial charge >= 0.3 is 0 Å². The molecule has 1 aromatic carbocycles. The minimum Gasteiger partial charge on any atom is -0.495 e. The maximum atomic E-state index is 13.1. The van der Waals surface area contributed by atoms with E-state index in [1.807, 2.05) is 0 Å². The fourth-order valence-corrected chi connectivity index (χ4v) is 8.13. The highest BCUT2D eigenvalue weighted by molar-refractivity contribution is 7.91. The Bertz CT molecular complexity index is 1220. The molecule has 2 aromatic rings. The molecule has 0 unspecified atom stereocenters. The highest BCUT2D eigenvalue weighted by Crippen LogP contribution is 2.31. The number of piperidine rings is 1. The zero-order valence-electron chi connectivity index (χ0n) is 18.7. The number of benzene rings is 1. The van der Waals surface area contributed by atoms with Crippen molar-refractivity contribution >= 4 is 43.0 Å². The predicted octanol–water partition coefficient (Wildman–Crippen LogP) is 1.82. The summed E-state index contributed by atoms with van der Waals surface area (Å²) < 4.78 is 65.3. The summed E-state index contributed by atoms with van der Waals surface area (Å²) in [5.41, 5.74) is 0.222. The standard InChI is InChI=1S/C21H27N3O7S3/c1-30-19-7-6-17(33(26,27)23-9-11-31-12-10-23)14-18(19)22-21(25)16-4-2-8-24(15-16)34(28,29)20-5-3-13-32-20/h3,5-7,13-14,16H,2,4,8-12,15H2,1H3,(H,22,25)/t16-/m1/s1. The van der Waals surface area contributed by atoms with Gasteiger partial charge in [-0.2, -0.15) is 8.61 Å². The Morgan fingerprint density at radius 3 is 2.53 bits per heavy atom. The third-order valence-corrected chi connectivity index (χ3v) is 11.0. The number of carbonyl (C=O) groups excluding carboxylic acids is 1. The number of nitrogens with zero attached hydrogens (tertiary/aromatic N) is 2. The molecule has 1 aromatic heterocycles. The zero-order valence-corrected chi connectivity index (χ0v) is 21.1. The van der Waals surface area contributed by atoms with Crippen LogP contribution in [0.5, 0.6) is 5.75 Å². The fourth-order valence-electron chi connectivity index (χ4n) is 4.03. The van der Waals surface area contributed by atoms with Crippen molar-refractivity contribution in [2.45, 2.75) is 21.9 Å². The minimum atomic E-state index is -3.76. The Labute approximate surface area is 203 Å². The van der Waals surface area contributed by atoms with Gasteiger partial charge in [-0.3, -0.25) is 4.79 Å². The van der Waals surface area contributed by atoms with Crippen LogP contribution >= 0.6 is 11.3 Å². The van der Waals surface area contributed by atoms with Crippen LogP contribution in [-0.4, -0.2) is 77.9 Å². The van der Waals surface area contributed by atoms with Crippen molar-refractivity contribution in [2.75, 3.05) is 51.8 Å². The lowest BCUT2D eigenvalue weighted by atomic mass is 9.98. The lowest BCUT2D eigenvalue weighted by Gasteiger charge is -2.31. The van der Waals surface area contributed by atoms with E-state index in [0.717, 1.165) is 11.3 Å². The molecule has 2 fully saturated rings. The van der Waals surface area contributed by atoms with E-state index in [0.29, 0.717) is 38.3 Å². The van der Waals surface area contributed by atoms with Gasteiger partial charge in [-0.15, -0.1) is 11.3 Å². The molecule has 0 bridgehead atoms. The predicted molar refractivity (Wildman–Crippen MR) is 127 cm³/mol. The quantitative estimate of drug-likeness (QED) is 0.580. The van der Waals surface area contributed by atoms with Crippen LogP contribution < -0.4 is 10.1 Å². The van der Waals surface area contributed by atoms with Crippen molar-refractivity contribution in [3.8, 4) is 5.75 Å². The molecule has 2 aliphatic rings. The average Bonchev–Trinajstić information content (AvgIpc) is 3.41. The van der Waals surface area contributed by atoms with E-state index in [1.54, 1.807) is 17.5 Å². The summed E-state index contributed by atoms with van der Waals surface area (Å²) in [4.78, 5) is 13.1. The normalized spacial score (nSPS) is 20.7. The van der Waals surface area contributed by atoms with E-state index < -0.39 is 26.0 Å². The Hall–Kier alpha value is -2.03. The molecule has 34 heavy (non-hydrogen) atoms. The topological polar surface area (TPSA) is 122 Å². The monoisotopic (exact) mass is 529 g/mol. The van der Waals surface area contributed by atoms with Gasteiger partial charge in [0, 0.05) is 26.2 Å². The molecule has 2 saturated heterocycles. The third kappa shape index (κ3) is 5.14. The molecular formula is C21H27N3O7S3. The molecule has 1 N–H and O–H groups in total. The van der Waals surface area contributed by atoms with Crippen molar-refractivity contribution < 1.29 is 31.1 Å². The van der Waals surface area contributed by atoms with Gasteiger partial charge in [0.25, 0.3) is 10.0 Å². The number of nitrogens with one attached hydrogen (secondary N) is 1. The van der Waals surface area contributed by atoms with Gasteiger partial charge in [0.2, 0.25) is 15.9 Å². The average molecular weight is 530 g/mol. The summed E-state index contributed by atoms with van der Waals surface area (Å²) in [6.07, 6.45) is 1.07. The molecule has 0 aliphatic carbocycles. The lowest BCUT2D eigenvalue weighted by molar-refractivity contribution is -0.120. The van der Waals surface area contributed by atoms with E-state index >= 15 is 0 Å². The van der Waals surface area contributed by atoms with Gasteiger partial charge in [0.05, 0.1) is 36.8 Å². The largest absolute Gasteiger partial charge is 0.495 e. The first-order chi connectivity index (χ1) is 16.2. The van der Waals surface area contributed by atoms with Gasteiger partial charge in [-0.05, 0) is 42.5 Å². The highest BCUT2D eigenvalue weighted by Gasteiger charge is 2.34. The van der Waals surface area contributed by atoms with Crippen molar-refractivity contribution in [2.24, 2.45) is 5.92 Å². The molecule has 2 aliphatic heterocycles. The van der Waals surface area contributed by atoms with Crippen LogP contribution in [-0.2, 0) is 29.6 Å². The second kappa shape index (κ2) is 10.3. The molecule has 0 saturated carbocycles. The first kappa shape index (κ1) is 25.1. The molecule has 0 radical (unpaired) electrons. The molecule has 4 rings (SSSR count). The van der Waals surface area contributed by atoms with Crippen molar-refractivity contribution in [3.63, 3.8) is 0 Å². The first-order valence-corrected chi connectivity index (χ1v) is 14.6. The van der Waals surface area contributed by atoms with Gasteiger partial charge in [0.1, 0.15) is 9.96 Å². The van der Waals surface area contributed by atoms with Crippen LogP contribution in [0.2, 0.25) is 0 Å². The van der Waals surface area contributed by atoms with Crippen LogP contribution in [0.1, 0.15) is 12.8 Å². The van der Waals surface area contributed by atoms with E-state index in [2.05, 4.69) is 5.32 Å². The Kier molecular flexibility index (Phi) is 7.60. The van der Waals surface area contributed by atoms with Crippen molar-refractivity contribution in [3.05, 3.63) is 35.7 Å². The summed E-state index contributed by atoms with van der Waals surface area (Å²) in [6.45, 7) is 1.57. The molecule has 3 heterocycles. The van der Waals surface area contributed by atoms with E-state index in [9.17, 15) is 21.6 Å². The maximum absolute atomic E-state index is 13.1. The van der Waals surface area contributed by atoms with Gasteiger partial charge < -0.3 is 14.8 Å². The number of sulfonamides is 2. The molecule has 13 heteroatoms. The SMILES string of the molecule is COc1ccc(S(=O)(=O)N2CCOCC2)cc1NC(=O)[C@@H]1CCCN(S(=O)(=O)c2cccs2)C1. The summed E-state index contributed by atoms with van der Waals surface area (Å²) in [6, 6.07) is 7.54. The second-order valence-electron chi connectivity index (χ2n) is 8.00. The Morgan fingerprint density at radius 2 is 1.85 bits per heavy atom. The number of thiophene rings is 1. The van der Waals surface area contributed by atoms with Crippen LogP contribution in [0.25, 0.3) is 0 Å². The Morgan fingerprint density at radius 1 is 1.09 bits per heavy atom. The van der Waals surface area contributed by atoms with E-state index in [1.165, 1.54) is 33.9 Å². The number of hydrogen-bond donors (Lipinski definition) is 1. The summed E-state index contributed by atoms with van der Waals surface area (Å²) in [5.74, 6) is -0.647. The number of rotatable bonds is 7. The molecule has 0 spiro atoms. The van der Waals surface area contributed by atoms with Gasteiger partial charge in [0.15, 0.2) is 0 Å². The molecule has 10 nitrogen and oxygen atoms in total. The van der Waals surface area contributed by atoms with Gasteiger partial charge in [-0.25, -0.2) is 16.8 Å². The number of ether oxygens (including phenoxy) is 2. The van der Waals surface area contributed by atoms with Crippen molar-refractivity contribution in [1.29, 1.82) is 0 Å². The van der Waals surface area contributed by atoms with E-state index in [4.69, 9.17) is 9.47 Å². The molecular weight excluding hydrogens is 502 g/mol. The third-order valence-electron chi connectivity index (χ3n) is 5.88. The number of anilines is 1. The van der Waals surface area contributed by atoms with E-state index in [-0.39, 0.29) is 40.3 Å². The minimum absolute atomic E-state index is 0.0380. The summed E-state index contributed by atoms with van der Waals surface area (Å²) in [5, 5.41) is 4.46. The number of morpholine rings is 1. The van der Waals surface area contributed by atoms with Crippen molar-refractivity contribution in [1.82, 2.24) is 8.61 Å². The van der Waals surface area contributed by atoms with Crippen LogP contribution in [0.4, 0.5) is 5.69 Å². The molecule has 1 atom stereocenters. The molecule has 1 amide bonds. The van der Waals surface area contributed by atoms with Crippen LogP contribution in [0.3, 0.4) is 0 Å². The maximum Gasteiger partial charge on any atom is 0.252 e. The number of hydrogen-bond acceptors (Lipinski definition) is 8. The van der Waals surface area contributed by atoms with Crippen LogP contribution in [0, 0.1) is 5.92 Å². The zero-order chi connectivity index (χ0) is 24.3. The number of carbonyl (C=O) groups is 1. The number of amides is 1.